The molecule has 26 heavy (non-hydrogen) atoms. The van der Waals surface area contributed by atoms with E-state index in [2.05, 4.69) is 5.32 Å². The fourth-order valence-electron chi connectivity index (χ4n) is 3.98. The van der Waals surface area contributed by atoms with Crippen molar-refractivity contribution in [1.82, 2.24) is 5.32 Å². The molecule has 0 spiro atoms. The Kier molecular flexibility index (Phi) is 3.68. The predicted molar refractivity (Wildman–Crippen MR) is 97.3 cm³/mol. The molecule has 4 rings (SSSR count). The molecule has 1 N–H and O–H groups in total. The van der Waals surface area contributed by atoms with Gasteiger partial charge in [-0.15, -0.1) is 0 Å². The van der Waals surface area contributed by atoms with Gasteiger partial charge in [-0.25, -0.2) is 8.42 Å². The van der Waals surface area contributed by atoms with Gasteiger partial charge in [-0.1, -0.05) is 25.2 Å². The van der Waals surface area contributed by atoms with Gasteiger partial charge < -0.3 is 5.32 Å². The Balaban J connectivity index is 1.94. The molecule has 9 heteroatoms. The average molecular weight is 394 g/mol. The zero-order valence-electron chi connectivity index (χ0n) is 14.4. The molecule has 1 unspecified atom stereocenters. The second kappa shape index (κ2) is 5.50. The molecule has 3 aliphatic rings. The van der Waals surface area contributed by atoms with Crippen molar-refractivity contribution in [3.05, 3.63) is 49.0 Å². The molecule has 1 atom stereocenters. The Morgan fingerprint density at radius 1 is 1.31 bits per heavy atom. The quantitative estimate of drug-likeness (QED) is 0.610. The summed E-state index contributed by atoms with van der Waals surface area (Å²) in [7, 11) is -3.50. The van der Waals surface area contributed by atoms with Crippen LogP contribution in [0.5, 0.6) is 0 Å². The Bertz CT molecular complexity index is 1010. The Hall–Kier alpha value is -2.00. The van der Waals surface area contributed by atoms with Gasteiger partial charge in [-0.3, -0.25) is 14.9 Å². The number of dihydropyridines is 1. The molecule has 0 fully saturated rings. The van der Waals surface area contributed by atoms with Crippen LogP contribution in [0.3, 0.4) is 0 Å². The lowest BCUT2D eigenvalue weighted by molar-refractivity contribution is -0.380. The first-order valence-electron chi connectivity index (χ1n) is 8.35. The second-order valence-electron chi connectivity index (χ2n) is 7.55. The van der Waals surface area contributed by atoms with Gasteiger partial charge >= 0.3 is 5.00 Å². The van der Waals surface area contributed by atoms with Gasteiger partial charge in [-0.2, -0.15) is 0 Å². The molecule has 0 bridgehead atoms. The molecule has 3 heterocycles. The maximum atomic E-state index is 13.2. The van der Waals surface area contributed by atoms with E-state index < -0.39 is 26.1 Å². The molecule has 138 valence electrons. The van der Waals surface area contributed by atoms with E-state index in [0.717, 1.165) is 17.0 Å². The SMILES string of the molecule is CC1(C)CCC2=C(C1=O)C(c1csc([N+](=O)[O-])c1)C1=C(CCS1(=O)=O)N2. The van der Waals surface area contributed by atoms with Gasteiger partial charge in [0.15, 0.2) is 15.6 Å². The molecular formula is C17H18N2O5S2. The fraction of sp³-hybridized carbons (Fsp3) is 0.471. The summed E-state index contributed by atoms with van der Waals surface area (Å²) in [6.45, 7) is 3.72. The average Bonchev–Trinajstić information content (AvgIpc) is 3.15. The number of hydrogen-bond donors (Lipinski definition) is 1. The van der Waals surface area contributed by atoms with Gasteiger partial charge in [0.05, 0.1) is 21.5 Å². The highest BCUT2D eigenvalue weighted by molar-refractivity contribution is 7.95. The molecule has 7 nitrogen and oxygen atoms in total. The third-order valence-electron chi connectivity index (χ3n) is 5.41. The van der Waals surface area contributed by atoms with E-state index in [1.165, 1.54) is 6.07 Å². The number of nitrogens with zero attached hydrogens (tertiary/aromatic N) is 1. The van der Waals surface area contributed by atoms with E-state index in [-0.39, 0.29) is 21.4 Å². The van der Waals surface area contributed by atoms with E-state index >= 15 is 0 Å². The van der Waals surface area contributed by atoms with Crippen LogP contribution in [0.25, 0.3) is 0 Å². The number of carbonyl (C=O) groups excluding carboxylic acids is 1. The van der Waals surface area contributed by atoms with E-state index in [1.807, 2.05) is 13.8 Å². The summed E-state index contributed by atoms with van der Waals surface area (Å²) < 4.78 is 25.4. The van der Waals surface area contributed by atoms with Crippen LogP contribution >= 0.6 is 11.3 Å². The molecule has 0 saturated heterocycles. The van der Waals surface area contributed by atoms with Crippen LogP contribution < -0.4 is 5.32 Å². The Morgan fingerprint density at radius 3 is 2.69 bits per heavy atom. The zero-order valence-corrected chi connectivity index (χ0v) is 16.0. The third-order valence-corrected chi connectivity index (χ3v) is 8.20. The first-order valence-corrected chi connectivity index (χ1v) is 10.9. The van der Waals surface area contributed by atoms with Crippen molar-refractivity contribution < 1.29 is 18.1 Å². The minimum atomic E-state index is -3.50. The first-order chi connectivity index (χ1) is 12.1. The van der Waals surface area contributed by atoms with Crippen LogP contribution in [0.1, 0.15) is 44.6 Å². The smallest absolute Gasteiger partial charge is 0.324 e. The standard InChI is InChI=1S/C17H18N2O5S2/c1-17(2)5-3-10-14(16(17)20)13(9-7-12(19(21)22)25-8-9)15-11(18-10)4-6-26(15,23)24/h7-8,13,18H,3-6H2,1-2H3. The number of allylic oxidation sites excluding steroid dienone is 4. The van der Waals surface area contributed by atoms with Crippen molar-refractivity contribution in [2.75, 3.05) is 5.75 Å². The summed E-state index contributed by atoms with van der Waals surface area (Å²) in [5, 5.41) is 15.8. The second-order valence-corrected chi connectivity index (χ2v) is 10.5. The summed E-state index contributed by atoms with van der Waals surface area (Å²) in [5.41, 5.74) is 1.79. The van der Waals surface area contributed by atoms with E-state index in [1.54, 1.807) is 5.38 Å². The largest absolute Gasteiger partial charge is 0.361 e. The van der Waals surface area contributed by atoms with Crippen molar-refractivity contribution in [3.8, 4) is 0 Å². The highest BCUT2D eigenvalue weighted by Crippen LogP contribution is 2.51. The number of nitrogens with one attached hydrogen (secondary N) is 1. The molecule has 0 radical (unpaired) electrons. The summed E-state index contributed by atoms with van der Waals surface area (Å²) in [6, 6.07) is 1.40. The minimum Gasteiger partial charge on any atom is -0.361 e. The van der Waals surface area contributed by atoms with Crippen LogP contribution in [0.2, 0.25) is 0 Å². The summed E-state index contributed by atoms with van der Waals surface area (Å²) in [6.07, 6.45) is 1.73. The van der Waals surface area contributed by atoms with Crippen molar-refractivity contribution in [2.24, 2.45) is 5.41 Å². The van der Waals surface area contributed by atoms with Gasteiger partial charge in [-0.05, 0) is 18.4 Å². The number of thiophene rings is 1. The number of sulfone groups is 1. The molecule has 1 aromatic heterocycles. The molecule has 1 aliphatic carbocycles. The summed E-state index contributed by atoms with van der Waals surface area (Å²) >= 11 is 0.955. The predicted octanol–water partition coefficient (Wildman–Crippen LogP) is 3.02. The monoisotopic (exact) mass is 394 g/mol. The minimum absolute atomic E-state index is 0.00550. The van der Waals surface area contributed by atoms with Crippen molar-refractivity contribution >= 4 is 32.0 Å². The summed E-state index contributed by atoms with van der Waals surface area (Å²) in [5.74, 6) is -0.824. The van der Waals surface area contributed by atoms with Crippen molar-refractivity contribution in [3.63, 3.8) is 0 Å². The number of rotatable bonds is 2. The number of hydrogen-bond acceptors (Lipinski definition) is 7. The summed E-state index contributed by atoms with van der Waals surface area (Å²) in [4.78, 5) is 24.0. The van der Waals surface area contributed by atoms with Crippen LogP contribution in [0, 0.1) is 15.5 Å². The van der Waals surface area contributed by atoms with Gasteiger partial charge in [0, 0.05) is 40.2 Å². The zero-order chi connectivity index (χ0) is 18.9. The van der Waals surface area contributed by atoms with Crippen molar-refractivity contribution in [2.45, 2.75) is 39.0 Å². The van der Waals surface area contributed by atoms with Crippen LogP contribution in [0.15, 0.2) is 33.3 Å². The lowest BCUT2D eigenvalue weighted by Crippen LogP contribution is -2.39. The number of ketones is 1. The highest BCUT2D eigenvalue weighted by Gasteiger charge is 2.48. The van der Waals surface area contributed by atoms with Gasteiger partial charge in [0.1, 0.15) is 0 Å². The van der Waals surface area contributed by atoms with Crippen molar-refractivity contribution in [1.29, 1.82) is 0 Å². The fourth-order valence-corrected chi connectivity index (χ4v) is 6.56. The topological polar surface area (TPSA) is 106 Å². The molecule has 0 aromatic carbocycles. The Morgan fingerprint density at radius 2 is 2.04 bits per heavy atom. The van der Waals surface area contributed by atoms with E-state index in [0.29, 0.717) is 36.1 Å². The van der Waals surface area contributed by atoms with Gasteiger partial charge in [0.2, 0.25) is 0 Å². The molecule has 2 aliphatic heterocycles. The normalized spacial score (nSPS) is 26.4. The lowest BCUT2D eigenvalue weighted by atomic mass is 9.69. The number of carbonyl (C=O) groups is 1. The number of Topliss-reactive ketones (excluding diaryl/α,β-unsaturated/α-hetero) is 1. The van der Waals surface area contributed by atoms with Gasteiger partial charge in [0.25, 0.3) is 0 Å². The molecule has 0 saturated carbocycles. The van der Waals surface area contributed by atoms with E-state index in [9.17, 15) is 23.3 Å². The van der Waals surface area contributed by atoms with Crippen LogP contribution in [-0.4, -0.2) is 24.9 Å². The number of nitro groups is 1. The first kappa shape index (κ1) is 17.4. The maximum absolute atomic E-state index is 13.2. The molecular weight excluding hydrogens is 376 g/mol. The lowest BCUT2D eigenvalue weighted by Gasteiger charge is -2.38. The Labute approximate surface area is 154 Å². The highest BCUT2D eigenvalue weighted by atomic mass is 32.2. The maximum Gasteiger partial charge on any atom is 0.324 e. The van der Waals surface area contributed by atoms with Crippen LogP contribution in [0.4, 0.5) is 5.00 Å². The van der Waals surface area contributed by atoms with Crippen LogP contribution in [-0.2, 0) is 14.6 Å². The molecule has 0 amide bonds. The third kappa shape index (κ3) is 2.44. The molecule has 1 aromatic rings. The van der Waals surface area contributed by atoms with E-state index in [4.69, 9.17) is 0 Å².